The predicted octanol–water partition coefficient (Wildman–Crippen LogP) is 3.63. The maximum atomic E-state index is 12.6. The average Bonchev–Trinajstić information content (AvgIpc) is 2.68. The Labute approximate surface area is 166 Å². The number of nitrogens with zero attached hydrogens (tertiary/aromatic N) is 1. The first kappa shape index (κ1) is 21.2. The predicted molar refractivity (Wildman–Crippen MR) is 106 cm³/mol. The van der Waals surface area contributed by atoms with E-state index in [4.69, 9.17) is 26.4 Å². The lowest BCUT2D eigenvalue weighted by atomic mass is 10.2. The van der Waals surface area contributed by atoms with E-state index in [1.54, 1.807) is 19.2 Å². The normalized spacial score (nSPS) is 10.6. The van der Waals surface area contributed by atoms with E-state index < -0.39 is 6.61 Å². The van der Waals surface area contributed by atoms with E-state index in [-0.39, 0.29) is 22.4 Å². The fraction of sp³-hybridized carbons (Fsp3) is 0.222. The minimum absolute atomic E-state index is 0.0795. The summed E-state index contributed by atoms with van der Waals surface area (Å²) < 4.78 is 45.0. The molecule has 0 saturated heterocycles. The lowest BCUT2D eigenvalue weighted by molar-refractivity contribution is -0.0526. The van der Waals surface area contributed by atoms with Crippen LogP contribution in [0.3, 0.4) is 0 Å². The Morgan fingerprint density at radius 2 is 1.64 bits per heavy atom. The van der Waals surface area contributed by atoms with Gasteiger partial charge in [0.05, 0.1) is 33.2 Å². The Morgan fingerprint density at radius 1 is 1.04 bits per heavy atom. The number of methoxy groups -OCH3 is 3. The molecule has 2 aromatic rings. The third-order valence-corrected chi connectivity index (χ3v) is 3.62. The van der Waals surface area contributed by atoms with Crippen molar-refractivity contribution in [2.75, 3.05) is 26.6 Å². The fourth-order valence-corrected chi connectivity index (χ4v) is 2.41. The van der Waals surface area contributed by atoms with Crippen LogP contribution in [0, 0.1) is 0 Å². The standard InChI is InChI=1S/C18H19F2N3O4S/c1-24-13-7-5-4-6-12(13)22-18(28)23-21-10-11-8-14(25-2)16(27-17(19)20)15(9-11)26-3/h4-10,17H,1-3H3,(H2,22,23,28)/b21-10-. The molecule has 0 radical (unpaired) electrons. The van der Waals surface area contributed by atoms with Gasteiger partial charge in [0, 0.05) is 5.56 Å². The summed E-state index contributed by atoms with van der Waals surface area (Å²) >= 11 is 5.18. The molecular formula is C18H19F2N3O4S. The number of thiocarbonyl (C=S) groups is 1. The van der Waals surface area contributed by atoms with Crippen molar-refractivity contribution in [3.05, 3.63) is 42.0 Å². The Morgan fingerprint density at radius 3 is 2.21 bits per heavy atom. The number of benzene rings is 2. The number of halogens is 2. The second kappa shape index (κ2) is 10.3. The van der Waals surface area contributed by atoms with Crippen LogP contribution in [0.15, 0.2) is 41.5 Å². The minimum atomic E-state index is -3.01. The molecule has 0 saturated carbocycles. The molecule has 0 aliphatic rings. The number of hydrogen-bond acceptors (Lipinski definition) is 6. The van der Waals surface area contributed by atoms with Crippen LogP contribution < -0.4 is 29.7 Å². The highest BCUT2D eigenvalue weighted by Gasteiger charge is 2.17. The molecule has 2 rings (SSSR count). The monoisotopic (exact) mass is 411 g/mol. The minimum Gasteiger partial charge on any atom is -0.495 e. The quantitative estimate of drug-likeness (QED) is 0.390. The van der Waals surface area contributed by atoms with Crippen LogP contribution in [0.25, 0.3) is 0 Å². The van der Waals surface area contributed by atoms with Crippen LogP contribution in [-0.2, 0) is 0 Å². The number of nitrogens with one attached hydrogen (secondary N) is 2. The highest BCUT2D eigenvalue weighted by Crippen LogP contribution is 2.39. The van der Waals surface area contributed by atoms with Crippen molar-refractivity contribution in [3.63, 3.8) is 0 Å². The molecule has 0 atom stereocenters. The lowest BCUT2D eigenvalue weighted by Crippen LogP contribution is -2.24. The van der Waals surface area contributed by atoms with Crippen molar-refractivity contribution in [2.24, 2.45) is 5.10 Å². The van der Waals surface area contributed by atoms with Gasteiger partial charge in [-0.3, -0.25) is 5.43 Å². The number of anilines is 1. The number of hydrazone groups is 1. The van der Waals surface area contributed by atoms with Crippen LogP contribution in [0.4, 0.5) is 14.5 Å². The summed E-state index contributed by atoms with van der Waals surface area (Å²) in [7, 11) is 4.22. The van der Waals surface area contributed by atoms with E-state index in [0.29, 0.717) is 17.0 Å². The summed E-state index contributed by atoms with van der Waals surface area (Å²) in [5, 5.41) is 7.20. The number of rotatable bonds is 8. The Bertz CT molecular complexity index is 824. The highest BCUT2D eigenvalue weighted by atomic mass is 32.1. The highest BCUT2D eigenvalue weighted by molar-refractivity contribution is 7.80. The summed E-state index contributed by atoms with van der Waals surface area (Å²) in [6, 6.07) is 10.2. The number of ether oxygens (including phenoxy) is 4. The Kier molecular flexibility index (Phi) is 7.76. The lowest BCUT2D eigenvalue weighted by Gasteiger charge is -2.14. The molecular weight excluding hydrogens is 392 g/mol. The second-order valence-electron chi connectivity index (χ2n) is 5.16. The van der Waals surface area contributed by atoms with Gasteiger partial charge in [-0.05, 0) is 36.5 Å². The molecule has 10 heteroatoms. The van der Waals surface area contributed by atoms with Crippen molar-refractivity contribution < 1.29 is 27.7 Å². The van der Waals surface area contributed by atoms with Crippen molar-refractivity contribution in [1.29, 1.82) is 0 Å². The molecule has 0 heterocycles. The molecule has 0 spiro atoms. The molecule has 0 bridgehead atoms. The maximum Gasteiger partial charge on any atom is 0.387 e. The van der Waals surface area contributed by atoms with Gasteiger partial charge in [-0.25, -0.2) is 0 Å². The summed E-state index contributed by atoms with van der Waals surface area (Å²) in [6.45, 7) is -3.01. The Hall–Kier alpha value is -3.14. The van der Waals surface area contributed by atoms with Crippen molar-refractivity contribution in [3.8, 4) is 23.0 Å². The topological polar surface area (TPSA) is 73.3 Å². The van der Waals surface area contributed by atoms with E-state index in [2.05, 4.69) is 20.6 Å². The molecule has 7 nitrogen and oxygen atoms in total. The molecule has 0 fully saturated rings. The first-order valence-corrected chi connectivity index (χ1v) is 8.33. The van der Waals surface area contributed by atoms with Gasteiger partial charge in [-0.15, -0.1) is 0 Å². The van der Waals surface area contributed by atoms with Crippen LogP contribution in [0.2, 0.25) is 0 Å². The SMILES string of the molecule is COc1ccccc1NC(=S)N/N=C\c1cc(OC)c(OC(F)F)c(OC)c1. The number of para-hydroxylation sites is 2. The summed E-state index contributed by atoms with van der Waals surface area (Å²) in [4.78, 5) is 0. The third kappa shape index (κ3) is 5.68. The summed E-state index contributed by atoms with van der Waals surface area (Å²) in [6.07, 6.45) is 1.42. The van der Waals surface area contributed by atoms with Crippen LogP contribution in [-0.4, -0.2) is 39.3 Å². The summed E-state index contributed by atoms with van der Waals surface area (Å²) in [5.41, 5.74) is 3.85. The molecule has 2 N–H and O–H groups in total. The number of hydrogen-bond donors (Lipinski definition) is 2. The van der Waals surface area contributed by atoms with E-state index in [9.17, 15) is 8.78 Å². The number of alkyl halides is 2. The van der Waals surface area contributed by atoms with Crippen LogP contribution in [0.1, 0.15) is 5.56 Å². The average molecular weight is 411 g/mol. The van der Waals surface area contributed by atoms with E-state index in [1.807, 2.05) is 12.1 Å². The van der Waals surface area contributed by atoms with Gasteiger partial charge in [0.2, 0.25) is 5.75 Å². The molecule has 2 aromatic carbocycles. The zero-order valence-corrected chi connectivity index (χ0v) is 16.2. The van der Waals surface area contributed by atoms with E-state index in [0.717, 1.165) is 0 Å². The fourth-order valence-electron chi connectivity index (χ4n) is 2.24. The van der Waals surface area contributed by atoms with Gasteiger partial charge in [-0.1, -0.05) is 12.1 Å². The third-order valence-electron chi connectivity index (χ3n) is 3.42. The molecule has 0 aromatic heterocycles. The van der Waals surface area contributed by atoms with Crippen LogP contribution in [0.5, 0.6) is 23.0 Å². The molecule has 0 unspecified atom stereocenters. The van der Waals surface area contributed by atoms with Gasteiger partial charge in [0.25, 0.3) is 0 Å². The van der Waals surface area contributed by atoms with Gasteiger partial charge >= 0.3 is 6.61 Å². The molecule has 28 heavy (non-hydrogen) atoms. The second-order valence-corrected chi connectivity index (χ2v) is 5.57. The molecule has 0 aliphatic heterocycles. The molecule has 150 valence electrons. The molecule has 0 aliphatic carbocycles. The largest absolute Gasteiger partial charge is 0.495 e. The van der Waals surface area contributed by atoms with Gasteiger partial charge in [0.1, 0.15) is 5.75 Å². The smallest absolute Gasteiger partial charge is 0.387 e. The summed E-state index contributed by atoms with van der Waals surface area (Å²) in [5.74, 6) is 0.588. The van der Waals surface area contributed by atoms with Gasteiger partial charge in [0.15, 0.2) is 16.6 Å². The zero-order chi connectivity index (χ0) is 20.5. The van der Waals surface area contributed by atoms with Crippen molar-refractivity contribution in [1.82, 2.24) is 5.43 Å². The molecule has 0 amide bonds. The van der Waals surface area contributed by atoms with Crippen LogP contribution >= 0.6 is 12.2 Å². The van der Waals surface area contributed by atoms with Gasteiger partial charge < -0.3 is 24.3 Å². The maximum absolute atomic E-state index is 12.6. The van der Waals surface area contributed by atoms with E-state index in [1.165, 1.54) is 32.6 Å². The Balaban J connectivity index is 2.10. The first-order valence-electron chi connectivity index (χ1n) is 7.92. The van der Waals surface area contributed by atoms with Gasteiger partial charge in [-0.2, -0.15) is 13.9 Å². The van der Waals surface area contributed by atoms with E-state index >= 15 is 0 Å². The van der Waals surface area contributed by atoms with Crippen molar-refractivity contribution >= 4 is 29.2 Å². The first-order chi connectivity index (χ1) is 13.5. The zero-order valence-electron chi connectivity index (χ0n) is 15.4. The van der Waals surface area contributed by atoms with Crippen molar-refractivity contribution in [2.45, 2.75) is 6.61 Å².